The molecule has 1 saturated carbocycles. The molecule has 0 spiro atoms. The number of rotatable bonds is 6. The quantitative estimate of drug-likeness (QED) is 0.848. The van der Waals surface area contributed by atoms with Crippen LogP contribution >= 0.6 is 15.9 Å². The van der Waals surface area contributed by atoms with Crippen molar-refractivity contribution in [1.82, 2.24) is 5.32 Å². The van der Waals surface area contributed by atoms with Crippen molar-refractivity contribution >= 4 is 27.5 Å². The molecule has 98 valence electrons. The number of methoxy groups -OCH3 is 1. The highest BCUT2D eigenvalue weighted by atomic mass is 79.9. The number of nitrogens with one attached hydrogen (secondary N) is 2. The Morgan fingerprint density at radius 3 is 2.94 bits per heavy atom. The Hall–Kier alpha value is -1.07. The molecular weight excluding hydrogens is 296 g/mol. The van der Waals surface area contributed by atoms with Crippen molar-refractivity contribution < 1.29 is 9.53 Å². The van der Waals surface area contributed by atoms with Crippen molar-refractivity contribution in [3.05, 3.63) is 22.7 Å². The van der Waals surface area contributed by atoms with Crippen LogP contribution in [0.4, 0.5) is 5.69 Å². The zero-order chi connectivity index (χ0) is 13.0. The lowest BCUT2D eigenvalue weighted by molar-refractivity contribution is -0.116. The van der Waals surface area contributed by atoms with Gasteiger partial charge in [0.2, 0.25) is 5.91 Å². The van der Waals surface area contributed by atoms with Crippen molar-refractivity contribution in [2.45, 2.75) is 25.3 Å². The van der Waals surface area contributed by atoms with E-state index in [4.69, 9.17) is 4.74 Å². The Morgan fingerprint density at radius 1 is 1.50 bits per heavy atom. The van der Waals surface area contributed by atoms with Crippen LogP contribution in [0.15, 0.2) is 22.7 Å². The first-order valence-corrected chi connectivity index (χ1v) is 6.85. The van der Waals surface area contributed by atoms with Gasteiger partial charge in [0, 0.05) is 30.8 Å². The van der Waals surface area contributed by atoms with Crippen LogP contribution in [0.25, 0.3) is 0 Å². The van der Waals surface area contributed by atoms with Gasteiger partial charge in [0.15, 0.2) is 0 Å². The van der Waals surface area contributed by atoms with Gasteiger partial charge in [-0.25, -0.2) is 0 Å². The molecule has 2 rings (SSSR count). The molecule has 1 aliphatic carbocycles. The maximum atomic E-state index is 11.7. The Bertz CT molecular complexity index is 433. The van der Waals surface area contributed by atoms with E-state index < -0.39 is 0 Å². The number of anilines is 1. The monoisotopic (exact) mass is 312 g/mol. The van der Waals surface area contributed by atoms with Crippen LogP contribution in [0.2, 0.25) is 0 Å². The molecular formula is C13H17BrN2O2. The summed E-state index contributed by atoms with van der Waals surface area (Å²) in [6.07, 6.45) is 2.98. The van der Waals surface area contributed by atoms with Crippen molar-refractivity contribution in [2.24, 2.45) is 0 Å². The second kappa shape index (κ2) is 6.20. The number of amides is 1. The first-order valence-electron chi connectivity index (χ1n) is 6.06. The van der Waals surface area contributed by atoms with Crippen molar-refractivity contribution in [3.63, 3.8) is 0 Å². The number of hydrogen-bond acceptors (Lipinski definition) is 3. The van der Waals surface area contributed by atoms with Gasteiger partial charge >= 0.3 is 0 Å². The fraction of sp³-hybridized carbons (Fsp3) is 0.462. The number of carbonyl (C=O) groups excluding carboxylic acids is 1. The van der Waals surface area contributed by atoms with E-state index in [0.29, 0.717) is 18.2 Å². The van der Waals surface area contributed by atoms with E-state index >= 15 is 0 Å². The third-order valence-corrected chi connectivity index (χ3v) is 3.45. The molecule has 1 aromatic carbocycles. The largest absolute Gasteiger partial charge is 0.495 e. The SMILES string of the molecule is COc1cc(NC(=O)CCNC2CC2)ccc1Br. The van der Waals surface area contributed by atoms with Gasteiger partial charge in [-0.2, -0.15) is 0 Å². The Kier molecular flexibility index (Phi) is 4.60. The summed E-state index contributed by atoms with van der Waals surface area (Å²) < 4.78 is 6.05. The van der Waals surface area contributed by atoms with E-state index in [9.17, 15) is 4.79 Å². The average molecular weight is 313 g/mol. The molecule has 0 aromatic heterocycles. The van der Waals surface area contributed by atoms with Crippen molar-refractivity contribution in [2.75, 3.05) is 19.0 Å². The van der Waals surface area contributed by atoms with E-state index in [1.165, 1.54) is 12.8 Å². The molecule has 5 heteroatoms. The Balaban J connectivity index is 1.81. The normalized spacial score (nSPS) is 14.3. The second-order valence-electron chi connectivity index (χ2n) is 4.38. The first kappa shape index (κ1) is 13.4. The van der Waals surface area contributed by atoms with Crippen LogP contribution in [-0.4, -0.2) is 25.6 Å². The number of halogens is 1. The molecule has 1 aromatic rings. The predicted molar refractivity (Wildman–Crippen MR) is 75.0 cm³/mol. The predicted octanol–water partition coefficient (Wildman–Crippen LogP) is 2.54. The summed E-state index contributed by atoms with van der Waals surface area (Å²) in [5.41, 5.74) is 0.756. The third kappa shape index (κ3) is 3.99. The summed E-state index contributed by atoms with van der Waals surface area (Å²) in [4.78, 5) is 11.7. The van der Waals surface area contributed by atoms with Gasteiger partial charge in [-0.3, -0.25) is 4.79 Å². The highest BCUT2D eigenvalue weighted by Gasteiger charge is 2.20. The standard InChI is InChI=1S/C13H17BrN2O2/c1-18-12-8-10(4-5-11(12)14)16-13(17)6-7-15-9-2-3-9/h4-5,8-9,15H,2-3,6-7H2,1H3,(H,16,17). The molecule has 1 fully saturated rings. The molecule has 0 saturated heterocycles. The van der Waals surface area contributed by atoms with E-state index in [2.05, 4.69) is 26.6 Å². The smallest absolute Gasteiger partial charge is 0.225 e. The molecule has 1 amide bonds. The molecule has 4 nitrogen and oxygen atoms in total. The topological polar surface area (TPSA) is 50.4 Å². The molecule has 0 heterocycles. The fourth-order valence-electron chi connectivity index (χ4n) is 1.64. The zero-order valence-electron chi connectivity index (χ0n) is 10.3. The van der Waals surface area contributed by atoms with E-state index in [0.717, 1.165) is 16.7 Å². The maximum absolute atomic E-state index is 11.7. The maximum Gasteiger partial charge on any atom is 0.225 e. The fourth-order valence-corrected chi connectivity index (χ4v) is 2.05. The number of hydrogen-bond donors (Lipinski definition) is 2. The minimum Gasteiger partial charge on any atom is -0.495 e. The molecule has 0 radical (unpaired) electrons. The van der Waals surface area contributed by atoms with E-state index in [1.807, 2.05) is 12.1 Å². The van der Waals surface area contributed by atoms with Crippen LogP contribution in [0.1, 0.15) is 19.3 Å². The van der Waals surface area contributed by atoms with Gasteiger partial charge in [-0.1, -0.05) is 0 Å². The van der Waals surface area contributed by atoms with Crippen LogP contribution in [-0.2, 0) is 4.79 Å². The number of carbonyl (C=O) groups is 1. The molecule has 2 N–H and O–H groups in total. The van der Waals surface area contributed by atoms with Gasteiger partial charge in [0.1, 0.15) is 5.75 Å². The summed E-state index contributed by atoms with van der Waals surface area (Å²) >= 11 is 3.37. The minimum atomic E-state index is 0.0209. The van der Waals surface area contributed by atoms with Gasteiger partial charge in [-0.15, -0.1) is 0 Å². The van der Waals surface area contributed by atoms with Gasteiger partial charge in [0.25, 0.3) is 0 Å². The lowest BCUT2D eigenvalue weighted by Gasteiger charge is -2.08. The number of ether oxygens (including phenoxy) is 1. The van der Waals surface area contributed by atoms with Crippen molar-refractivity contribution in [1.29, 1.82) is 0 Å². The molecule has 1 aliphatic rings. The summed E-state index contributed by atoms with van der Waals surface area (Å²) in [6.45, 7) is 0.740. The van der Waals surface area contributed by atoms with Crippen LogP contribution in [0.5, 0.6) is 5.75 Å². The summed E-state index contributed by atoms with van der Waals surface area (Å²) in [5.74, 6) is 0.733. The number of benzene rings is 1. The van der Waals surface area contributed by atoms with Crippen LogP contribution in [0.3, 0.4) is 0 Å². The molecule has 0 bridgehead atoms. The van der Waals surface area contributed by atoms with E-state index in [-0.39, 0.29) is 5.91 Å². The first-order chi connectivity index (χ1) is 8.69. The van der Waals surface area contributed by atoms with Gasteiger partial charge in [-0.05, 0) is 40.9 Å². The van der Waals surface area contributed by atoms with Gasteiger partial charge in [0.05, 0.1) is 11.6 Å². The lowest BCUT2D eigenvalue weighted by atomic mass is 10.3. The highest BCUT2D eigenvalue weighted by Crippen LogP contribution is 2.27. The zero-order valence-corrected chi connectivity index (χ0v) is 11.9. The molecule has 0 unspecified atom stereocenters. The van der Waals surface area contributed by atoms with Crippen LogP contribution < -0.4 is 15.4 Å². The molecule has 0 aliphatic heterocycles. The summed E-state index contributed by atoms with van der Waals surface area (Å²) in [5, 5.41) is 6.17. The Morgan fingerprint density at radius 2 is 2.28 bits per heavy atom. The summed E-state index contributed by atoms with van der Waals surface area (Å²) in [7, 11) is 1.60. The highest BCUT2D eigenvalue weighted by molar-refractivity contribution is 9.10. The lowest BCUT2D eigenvalue weighted by Crippen LogP contribution is -2.23. The average Bonchev–Trinajstić information content (AvgIpc) is 3.15. The third-order valence-electron chi connectivity index (χ3n) is 2.80. The second-order valence-corrected chi connectivity index (χ2v) is 5.23. The Labute approximate surface area is 115 Å². The van der Waals surface area contributed by atoms with Crippen molar-refractivity contribution in [3.8, 4) is 5.75 Å². The van der Waals surface area contributed by atoms with E-state index in [1.54, 1.807) is 13.2 Å². The van der Waals surface area contributed by atoms with Crippen LogP contribution in [0, 0.1) is 0 Å². The molecule has 18 heavy (non-hydrogen) atoms. The minimum absolute atomic E-state index is 0.0209. The summed E-state index contributed by atoms with van der Waals surface area (Å²) in [6, 6.07) is 6.15. The molecule has 0 atom stereocenters. The van der Waals surface area contributed by atoms with Gasteiger partial charge < -0.3 is 15.4 Å².